The van der Waals surface area contributed by atoms with Gasteiger partial charge in [-0.25, -0.2) is 13.1 Å². The van der Waals surface area contributed by atoms with Crippen molar-refractivity contribution < 1.29 is 13.2 Å². The normalized spacial score (nSPS) is 18.6. The Morgan fingerprint density at radius 2 is 1.77 bits per heavy atom. The number of fused-ring (bicyclic) bond motifs is 3. The lowest BCUT2D eigenvalue weighted by atomic mass is 9.98. The lowest BCUT2D eigenvalue weighted by Gasteiger charge is -2.19. The minimum Gasteiger partial charge on any atom is -0.377 e. The molecule has 1 saturated carbocycles. The molecule has 4 aromatic rings. The minimum atomic E-state index is -3.84. The van der Waals surface area contributed by atoms with Crippen LogP contribution >= 0.6 is 0 Å². The van der Waals surface area contributed by atoms with E-state index in [1.54, 1.807) is 36.8 Å². The maximum atomic E-state index is 13.7. The van der Waals surface area contributed by atoms with Crippen LogP contribution in [0.5, 0.6) is 0 Å². The summed E-state index contributed by atoms with van der Waals surface area (Å²) in [6, 6.07) is 10.3. The molecule has 1 amide bonds. The Bertz CT molecular complexity index is 1660. The molecule has 0 bridgehead atoms. The van der Waals surface area contributed by atoms with Crippen molar-refractivity contribution in [3.63, 3.8) is 0 Å². The van der Waals surface area contributed by atoms with Gasteiger partial charge in [0.05, 0.1) is 28.2 Å². The number of nitrogens with one attached hydrogen (secondary N) is 3. The molecule has 3 heterocycles. The molecule has 1 aromatic carbocycles. The number of nitrogens with zero attached hydrogens (tertiary/aromatic N) is 3. The molecular weight excluding hydrogens is 524 g/mol. The number of hydrogen-bond acceptors (Lipinski definition) is 7. The van der Waals surface area contributed by atoms with E-state index in [0.717, 1.165) is 40.7 Å². The topological polar surface area (TPSA) is 126 Å². The van der Waals surface area contributed by atoms with E-state index in [2.05, 4.69) is 25.3 Å². The van der Waals surface area contributed by atoms with Crippen LogP contribution in [-0.4, -0.2) is 35.8 Å². The van der Waals surface area contributed by atoms with Crippen LogP contribution in [0, 0.1) is 5.92 Å². The molecule has 3 aromatic heterocycles. The first-order valence-corrected chi connectivity index (χ1v) is 15.1. The first-order valence-electron chi connectivity index (χ1n) is 13.6. The molecule has 1 fully saturated rings. The fraction of sp³-hybridized carbons (Fsp3) is 0.333. The predicted octanol–water partition coefficient (Wildman–Crippen LogP) is 4.86. The largest absolute Gasteiger partial charge is 0.377 e. The van der Waals surface area contributed by atoms with Crippen LogP contribution in [0.2, 0.25) is 0 Å². The van der Waals surface area contributed by atoms with E-state index in [1.165, 1.54) is 6.20 Å². The van der Waals surface area contributed by atoms with Gasteiger partial charge in [0.1, 0.15) is 0 Å². The van der Waals surface area contributed by atoms with Crippen LogP contribution < -0.4 is 15.4 Å². The van der Waals surface area contributed by atoms with E-state index in [9.17, 15) is 13.2 Å². The van der Waals surface area contributed by atoms with Crippen molar-refractivity contribution in [2.24, 2.45) is 5.92 Å². The minimum absolute atomic E-state index is 0.152. The SMILES string of the molecule is CC(C)CNS(=O)(=O)c1cc2c(c3cnc(C4CC4)cc13)[C@@H](Nc1cccnc1)C[C@@H]2NC(=O)c1cccnc1. The Hall–Kier alpha value is -3.89. The smallest absolute Gasteiger partial charge is 0.253 e. The van der Waals surface area contributed by atoms with Gasteiger partial charge in [-0.2, -0.15) is 0 Å². The Kier molecular flexibility index (Phi) is 6.97. The fourth-order valence-corrected chi connectivity index (χ4v) is 6.78. The number of rotatable bonds is 9. The first kappa shape index (κ1) is 26.3. The number of pyridine rings is 3. The number of hydrogen-bond donors (Lipinski definition) is 3. The maximum Gasteiger partial charge on any atom is 0.253 e. The number of carbonyl (C=O) groups excluding carboxylic acids is 1. The first-order chi connectivity index (χ1) is 19.3. The van der Waals surface area contributed by atoms with E-state index in [1.807, 2.05) is 38.2 Å². The summed E-state index contributed by atoms with van der Waals surface area (Å²) < 4.78 is 30.2. The molecule has 2 aliphatic carbocycles. The van der Waals surface area contributed by atoms with Crippen molar-refractivity contribution in [3.05, 3.63) is 89.8 Å². The van der Waals surface area contributed by atoms with Gasteiger partial charge in [0.15, 0.2) is 0 Å². The van der Waals surface area contributed by atoms with Gasteiger partial charge < -0.3 is 10.6 Å². The van der Waals surface area contributed by atoms with E-state index in [0.29, 0.717) is 29.8 Å². The quantitative estimate of drug-likeness (QED) is 0.269. The highest BCUT2D eigenvalue weighted by atomic mass is 32.2. The van der Waals surface area contributed by atoms with Gasteiger partial charge >= 0.3 is 0 Å². The van der Waals surface area contributed by atoms with Gasteiger partial charge in [-0.3, -0.25) is 19.7 Å². The second-order valence-electron chi connectivity index (χ2n) is 11.0. The summed E-state index contributed by atoms with van der Waals surface area (Å²) in [4.78, 5) is 26.5. The monoisotopic (exact) mass is 556 g/mol. The van der Waals surface area contributed by atoms with Gasteiger partial charge in [0, 0.05) is 59.9 Å². The lowest BCUT2D eigenvalue weighted by molar-refractivity contribution is 0.0935. The summed E-state index contributed by atoms with van der Waals surface area (Å²) >= 11 is 0. The molecule has 3 N–H and O–H groups in total. The summed E-state index contributed by atoms with van der Waals surface area (Å²) in [7, 11) is -3.84. The summed E-state index contributed by atoms with van der Waals surface area (Å²) in [5, 5.41) is 8.12. The molecule has 6 rings (SSSR count). The number of amides is 1. The van der Waals surface area contributed by atoms with Crippen molar-refractivity contribution in [3.8, 4) is 0 Å². The molecule has 40 heavy (non-hydrogen) atoms. The predicted molar refractivity (Wildman–Crippen MR) is 153 cm³/mol. The number of aromatic nitrogens is 3. The number of sulfonamides is 1. The zero-order chi connectivity index (χ0) is 27.9. The van der Waals surface area contributed by atoms with Crippen LogP contribution in [0.4, 0.5) is 5.69 Å². The van der Waals surface area contributed by atoms with Gasteiger partial charge in [-0.05, 0) is 72.7 Å². The summed E-state index contributed by atoms with van der Waals surface area (Å²) in [6.45, 7) is 4.27. The Morgan fingerprint density at radius 3 is 2.45 bits per heavy atom. The Labute approximate surface area is 233 Å². The molecule has 0 saturated heterocycles. The van der Waals surface area contributed by atoms with Crippen LogP contribution in [0.3, 0.4) is 0 Å². The van der Waals surface area contributed by atoms with Crippen LogP contribution in [0.15, 0.2) is 72.3 Å². The van der Waals surface area contributed by atoms with Crippen LogP contribution in [-0.2, 0) is 10.0 Å². The Balaban J connectivity index is 1.50. The molecule has 0 radical (unpaired) electrons. The molecule has 0 spiro atoms. The number of anilines is 1. The number of carbonyl (C=O) groups is 1. The summed E-state index contributed by atoms with van der Waals surface area (Å²) in [5.41, 5.74) is 3.90. The highest BCUT2D eigenvalue weighted by Crippen LogP contribution is 2.47. The summed E-state index contributed by atoms with van der Waals surface area (Å²) in [6.07, 6.45) is 11.1. The van der Waals surface area contributed by atoms with Crippen molar-refractivity contribution in [2.75, 3.05) is 11.9 Å². The van der Waals surface area contributed by atoms with E-state index >= 15 is 0 Å². The Morgan fingerprint density at radius 1 is 1.00 bits per heavy atom. The third-order valence-electron chi connectivity index (χ3n) is 7.47. The molecule has 2 aliphatic rings. The highest BCUT2D eigenvalue weighted by molar-refractivity contribution is 7.89. The van der Waals surface area contributed by atoms with Crippen molar-refractivity contribution in [1.82, 2.24) is 25.0 Å². The zero-order valence-electron chi connectivity index (χ0n) is 22.5. The third kappa shape index (κ3) is 5.29. The molecular formula is C30H32N6O3S. The standard InChI is InChI=1S/C30H32N6O3S/c1-18(2)14-34-40(38,39)28-12-23-26(36-30(37)20-5-3-9-31-15-20)13-27(35-21-6-4-10-32-16-21)29(23)24-17-33-25(11-22(24)28)19-7-8-19/h3-6,9-12,15-19,26-27,34-35H,7-8,13-14H2,1-2H3,(H,36,37)/t26-,27-/m0/s1. The second kappa shape index (κ2) is 10.6. The zero-order valence-corrected chi connectivity index (χ0v) is 23.3. The molecule has 9 nitrogen and oxygen atoms in total. The molecule has 206 valence electrons. The maximum absolute atomic E-state index is 13.7. The van der Waals surface area contributed by atoms with E-state index in [4.69, 9.17) is 4.98 Å². The van der Waals surface area contributed by atoms with E-state index in [-0.39, 0.29) is 22.8 Å². The second-order valence-corrected chi connectivity index (χ2v) is 12.7. The van der Waals surface area contributed by atoms with Crippen molar-refractivity contribution in [2.45, 2.75) is 56.0 Å². The van der Waals surface area contributed by atoms with Gasteiger partial charge in [0.25, 0.3) is 5.91 Å². The third-order valence-corrected chi connectivity index (χ3v) is 8.94. The van der Waals surface area contributed by atoms with Gasteiger partial charge in [-0.15, -0.1) is 0 Å². The highest BCUT2D eigenvalue weighted by Gasteiger charge is 2.37. The molecule has 0 aliphatic heterocycles. The summed E-state index contributed by atoms with van der Waals surface area (Å²) in [5.74, 6) is 0.252. The van der Waals surface area contributed by atoms with Crippen molar-refractivity contribution in [1.29, 1.82) is 0 Å². The van der Waals surface area contributed by atoms with E-state index < -0.39 is 16.1 Å². The van der Waals surface area contributed by atoms with Gasteiger partial charge in [0.2, 0.25) is 10.0 Å². The van der Waals surface area contributed by atoms with Gasteiger partial charge in [-0.1, -0.05) is 13.8 Å². The lowest BCUT2D eigenvalue weighted by Crippen LogP contribution is -2.29. The van der Waals surface area contributed by atoms with Crippen LogP contribution in [0.25, 0.3) is 10.8 Å². The average Bonchev–Trinajstić information content (AvgIpc) is 3.76. The number of benzene rings is 1. The molecule has 2 atom stereocenters. The average molecular weight is 557 g/mol. The van der Waals surface area contributed by atoms with Crippen LogP contribution in [0.1, 0.15) is 78.3 Å². The molecule has 10 heteroatoms. The fourth-order valence-electron chi connectivity index (χ4n) is 5.33. The van der Waals surface area contributed by atoms with Crippen molar-refractivity contribution >= 4 is 32.4 Å². The molecule has 0 unspecified atom stereocenters.